The molecule has 2 aliphatic rings. The van der Waals surface area contributed by atoms with Gasteiger partial charge < -0.3 is 10.2 Å². The largest absolute Gasteiger partial charge is 0.313 e. The lowest BCUT2D eigenvalue weighted by Gasteiger charge is -2.23. The van der Waals surface area contributed by atoms with Gasteiger partial charge in [-0.2, -0.15) is 0 Å². The van der Waals surface area contributed by atoms with Crippen LogP contribution >= 0.6 is 0 Å². The van der Waals surface area contributed by atoms with E-state index in [1.54, 1.807) is 0 Å². The van der Waals surface area contributed by atoms with E-state index in [0.717, 1.165) is 6.54 Å². The van der Waals surface area contributed by atoms with Gasteiger partial charge in [0.15, 0.2) is 0 Å². The molecule has 0 aromatic heterocycles. The lowest BCUT2D eigenvalue weighted by molar-refractivity contribution is 0.250. The number of nitrogens with one attached hydrogen (secondary N) is 2. The van der Waals surface area contributed by atoms with Crippen LogP contribution in [0.4, 0.5) is 0 Å². The van der Waals surface area contributed by atoms with Gasteiger partial charge in [-0.3, -0.25) is 0 Å². The first-order chi connectivity index (χ1) is 9.07. The molecule has 2 aliphatic carbocycles. The van der Waals surface area contributed by atoms with Crippen LogP contribution < -0.4 is 10.0 Å². The highest BCUT2D eigenvalue weighted by atomic mass is 32.2. The van der Waals surface area contributed by atoms with Gasteiger partial charge in [0.2, 0.25) is 10.0 Å². The van der Waals surface area contributed by atoms with Crippen molar-refractivity contribution in [1.82, 2.24) is 14.9 Å². The maximum Gasteiger partial charge on any atom is 0.212 e. The summed E-state index contributed by atoms with van der Waals surface area (Å²) in [7, 11) is -1.01. The highest BCUT2D eigenvalue weighted by Gasteiger charge is 2.22. The first kappa shape index (κ1) is 15.2. The van der Waals surface area contributed by atoms with Crippen LogP contribution in [-0.4, -0.2) is 57.8 Å². The number of hydrogen-bond donors (Lipinski definition) is 2. The van der Waals surface area contributed by atoms with Crippen molar-refractivity contribution in [2.24, 2.45) is 0 Å². The average Bonchev–Trinajstić information content (AvgIpc) is 3.00. The van der Waals surface area contributed by atoms with Crippen molar-refractivity contribution in [3.63, 3.8) is 0 Å². The second-order valence-electron chi connectivity index (χ2n) is 5.86. The van der Waals surface area contributed by atoms with E-state index in [2.05, 4.69) is 22.0 Å². The summed E-state index contributed by atoms with van der Waals surface area (Å²) >= 11 is 0. The minimum absolute atomic E-state index is 0.191. The third-order valence-corrected chi connectivity index (χ3v) is 5.50. The van der Waals surface area contributed by atoms with Crippen molar-refractivity contribution in [3.8, 4) is 0 Å². The Morgan fingerprint density at radius 3 is 2.42 bits per heavy atom. The summed E-state index contributed by atoms with van der Waals surface area (Å²) in [4.78, 5) is 2.29. The zero-order chi connectivity index (χ0) is 13.7. The Kier molecular flexibility index (Phi) is 5.62. The molecule has 0 spiro atoms. The van der Waals surface area contributed by atoms with Gasteiger partial charge in [0.1, 0.15) is 0 Å². The summed E-state index contributed by atoms with van der Waals surface area (Å²) in [6.45, 7) is 1.90. The van der Waals surface area contributed by atoms with E-state index < -0.39 is 10.0 Å². The molecule has 0 bridgehead atoms. The Hall–Kier alpha value is -0.170. The van der Waals surface area contributed by atoms with Crippen molar-refractivity contribution >= 4 is 10.0 Å². The second kappa shape index (κ2) is 7.02. The molecular weight excluding hydrogens is 262 g/mol. The maximum absolute atomic E-state index is 11.8. The Morgan fingerprint density at radius 2 is 1.79 bits per heavy atom. The van der Waals surface area contributed by atoms with Crippen molar-refractivity contribution in [2.75, 3.05) is 32.4 Å². The van der Waals surface area contributed by atoms with E-state index in [1.165, 1.54) is 38.5 Å². The number of sulfonamides is 1. The highest BCUT2D eigenvalue weighted by molar-refractivity contribution is 7.89. The van der Waals surface area contributed by atoms with Gasteiger partial charge in [0.05, 0.1) is 5.75 Å². The lowest BCUT2D eigenvalue weighted by atomic mass is 10.2. The third kappa shape index (κ3) is 5.77. The highest BCUT2D eigenvalue weighted by Crippen LogP contribution is 2.21. The molecule has 2 fully saturated rings. The van der Waals surface area contributed by atoms with Crippen molar-refractivity contribution in [2.45, 2.75) is 50.6 Å². The monoisotopic (exact) mass is 289 g/mol. The van der Waals surface area contributed by atoms with Gasteiger partial charge in [0, 0.05) is 31.7 Å². The molecule has 2 rings (SSSR count). The van der Waals surface area contributed by atoms with Crippen LogP contribution in [0.25, 0.3) is 0 Å². The Bertz CT molecular complexity index is 362. The fourth-order valence-corrected chi connectivity index (χ4v) is 3.60. The third-order valence-electron chi connectivity index (χ3n) is 4.12. The minimum atomic E-state index is -3.11. The molecular formula is C13H27N3O2S. The molecule has 0 heterocycles. The normalized spacial score (nSPS) is 21.4. The molecule has 0 aromatic rings. The van der Waals surface area contributed by atoms with E-state index in [0.29, 0.717) is 25.2 Å². The van der Waals surface area contributed by atoms with Crippen LogP contribution in [-0.2, 0) is 10.0 Å². The van der Waals surface area contributed by atoms with Crippen LogP contribution in [0.5, 0.6) is 0 Å². The molecule has 0 unspecified atom stereocenters. The van der Waals surface area contributed by atoms with Crippen molar-refractivity contribution in [1.29, 1.82) is 0 Å². The standard InChI is InChI=1S/C13H27N3O2S/c1-16(13-4-2-3-5-13)10-8-15-19(17,18)11-9-14-12-6-7-12/h12-15H,2-11H2,1H3. The summed E-state index contributed by atoms with van der Waals surface area (Å²) in [6.07, 6.45) is 7.53. The summed E-state index contributed by atoms with van der Waals surface area (Å²) in [6, 6.07) is 1.23. The van der Waals surface area contributed by atoms with Gasteiger partial charge in [-0.1, -0.05) is 12.8 Å². The molecule has 2 N–H and O–H groups in total. The predicted octanol–water partition coefficient (Wildman–Crippen LogP) is 0.532. The van der Waals surface area contributed by atoms with Crippen LogP contribution in [0.15, 0.2) is 0 Å². The Labute approximate surface area is 117 Å². The zero-order valence-corrected chi connectivity index (χ0v) is 12.7. The first-order valence-corrected chi connectivity index (χ1v) is 9.13. The molecule has 112 valence electrons. The molecule has 6 heteroatoms. The van der Waals surface area contributed by atoms with E-state index >= 15 is 0 Å². The van der Waals surface area contributed by atoms with Gasteiger partial charge >= 0.3 is 0 Å². The number of rotatable bonds is 9. The summed E-state index contributed by atoms with van der Waals surface area (Å²) in [5.41, 5.74) is 0. The topological polar surface area (TPSA) is 61.4 Å². The molecule has 0 radical (unpaired) electrons. The second-order valence-corrected chi connectivity index (χ2v) is 7.79. The smallest absolute Gasteiger partial charge is 0.212 e. The van der Waals surface area contributed by atoms with E-state index in [9.17, 15) is 8.42 Å². The molecule has 0 aromatic carbocycles. The fraction of sp³-hybridized carbons (Fsp3) is 1.00. The summed E-state index contributed by atoms with van der Waals surface area (Å²) in [5.74, 6) is 0.191. The first-order valence-electron chi connectivity index (χ1n) is 7.48. The molecule has 0 saturated heterocycles. The molecule has 0 amide bonds. The van der Waals surface area contributed by atoms with Gasteiger partial charge in [-0.25, -0.2) is 13.1 Å². The van der Waals surface area contributed by atoms with E-state index in [4.69, 9.17) is 0 Å². The molecule has 0 atom stereocenters. The maximum atomic E-state index is 11.8. The quantitative estimate of drug-likeness (QED) is 0.650. The van der Waals surface area contributed by atoms with Gasteiger partial charge in [0.25, 0.3) is 0 Å². The van der Waals surface area contributed by atoms with Crippen molar-refractivity contribution < 1.29 is 8.42 Å². The molecule has 2 saturated carbocycles. The van der Waals surface area contributed by atoms with E-state index in [1.807, 2.05) is 0 Å². The van der Waals surface area contributed by atoms with Crippen LogP contribution in [0.1, 0.15) is 38.5 Å². The van der Waals surface area contributed by atoms with Crippen LogP contribution in [0.3, 0.4) is 0 Å². The number of nitrogens with zero attached hydrogens (tertiary/aromatic N) is 1. The van der Waals surface area contributed by atoms with Crippen molar-refractivity contribution in [3.05, 3.63) is 0 Å². The molecule has 0 aliphatic heterocycles. The molecule has 19 heavy (non-hydrogen) atoms. The zero-order valence-electron chi connectivity index (χ0n) is 11.9. The molecule has 5 nitrogen and oxygen atoms in total. The minimum Gasteiger partial charge on any atom is -0.313 e. The van der Waals surface area contributed by atoms with Crippen LogP contribution in [0.2, 0.25) is 0 Å². The summed E-state index contributed by atoms with van der Waals surface area (Å²) < 4.78 is 26.2. The van der Waals surface area contributed by atoms with Crippen LogP contribution in [0, 0.1) is 0 Å². The predicted molar refractivity (Wildman–Crippen MR) is 77.7 cm³/mol. The van der Waals surface area contributed by atoms with Gasteiger partial charge in [-0.05, 0) is 32.7 Å². The average molecular weight is 289 g/mol. The number of likely N-dealkylation sites (N-methyl/N-ethyl adjacent to an activating group) is 1. The number of hydrogen-bond acceptors (Lipinski definition) is 4. The van der Waals surface area contributed by atoms with E-state index in [-0.39, 0.29) is 5.75 Å². The fourth-order valence-electron chi connectivity index (χ4n) is 2.66. The van der Waals surface area contributed by atoms with Gasteiger partial charge in [-0.15, -0.1) is 0 Å². The SMILES string of the molecule is CN(CCNS(=O)(=O)CCNC1CC1)C1CCCC1. The lowest BCUT2D eigenvalue weighted by Crippen LogP contribution is -2.39. The Balaban J connectivity index is 1.57. The Morgan fingerprint density at radius 1 is 1.11 bits per heavy atom. The summed E-state index contributed by atoms with van der Waals surface area (Å²) in [5, 5.41) is 3.23.